The van der Waals surface area contributed by atoms with Crippen LogP contribution >= 0.6 is 0 Å². The SMILES string of the molecule is CCOC(=O)c1[nH]c(C)c(C=CCC(=O)O)c1C. The van der Waals surface area contributed by atoms with E-state index in [1.807, 2.05) is 6.92 Å². The van der Waals surface area contributed by atoms with E-state index in [9.17, 15) is 9.59 Å². The zero-order valence-corrected chi connectivity index (χ0v) is 10.7. The Balaban J connectivity index is 2.97. The molecule has 1 aromatic rings. The number of ether oxygens (including phenoxy) is 1. The van der Waals surface area contributed by atoms with Gasteiger partial charge in [-0.2, -0.15) is 0 Å². The number of rotatable bonds is 5. The van der Waals surface area contributed by atoms with Gasteiger partial charge in [0.1, 0.15) is 5.69 Å². The van der Waals surface area contributed by atoms with E-state index in [0.29, 0.717) is 12.3 Å². The highest BCUT2D eigenvalue weighted by Crippen LogP contribution is 2.20. The molecular formula is C13H17NO4. The van der Waals surface area contributed by atoms with Crippen LogP contribution in [0.25, 0.3) is 6.08 Å². The van der Waals surface area contributed by atoms with Gasteiger partial charge in [-0.3, -0.25) is 4.79 Å². The Morgan fingerprint density at radius 2 is 2.06 bits per heavy atom. The lowest BCUT2D eigenvalue weighted by Gasteiger charge is -2.00. The van der Waals surface area contributed by atoms with Crippen molar-refractivity contribution in [3.63, 3.8) is 0 Å². The molecule has 0 unspecified atom stereocenters. The van der Waals surface area contributed by atoms with Crippen molar-refractivity contribution in [3.05, 3.63) is 28.6 Å². The Bertz CT molecular complexity index is 485. The number of carboxylic acid groups (broad SMARTS) is 1. The van der Waals surface area contributed by atoms with E-state index in [1.165, 1.54) is 0 Å². The van der Waals surface area contributed by atoms with Gasteiger partial charge in [-0.15, -0.1) is 0 Å². The first-order chi connectivity index (χ1) is 8.47. The number of carboxylic acids is 1. The number of carbonyl (C=O) groups excluding carboxylic acids is 1. The van der Waals surface area contributed by atoms with Crippen LogP contribution in [0.1, 0.15) is 40.7 Å². The highest BCUT2D eigenvalue weighted by atomic mass is 16.5. The molecule has 0 aromatic carbocycles. The molecule has 1 heterocycles. The van der Waals surface area contributed by atoms with Crippen LogP contribution in [-0.4, -0.2) is 28.6 Å². The van der Waals surface area contributed by atoms with Gasteiger partial charge in [0, 0.05) is 5.69 Å². The lowest BCUT2D eigenvalue weighted by Crippen LogP contribution is -2.06. The molecule has 0 radical (unpaired) electrons. The summed E-state index contributed by atoms with van der Waals surface area (Å²) in [4.78, 5) is 25.0. The first-order valence-corrected chi connectivity index (χ1v) is 5.72. The van der Waals surface area contributed by atoms with Crippen molar-refractivity contribution in [1.29, 1.82) is 0 Å². The Hall–Kier alpha value is -2.04. The third-order valence-electron chi connectivity index (χ3n) is 2.55. The van der Waals surface area contributed by atoms with Crippen molar-refractivity contribution in [3.8, 4) is 0 Å². The maximum absolute atomic E-state index is 11.6. The number of H-pyrrole nitrogens is 1. The fourth-order valence-electron chi connectivity index (χ4n) is 1.70. The fraction of sp³-hybridized carbons (Fsp3) is 0.385. The zero-order chi connectivity index (χ0) is 13.7. The summed E-state index contributed by atoms with van der Waals surface area (Å²) in [6.07, 6.45) is 3.22. The van der Waals surface area contributed by atoms with Gasteiger partial charge >= 0.3 is 11.9 Å². The lowest BCUT2D eigenvalue weighted by molar-refractivity contribution is -0.135. The van der Waals surface area contributed by atoms with Gasteiger partial charge in [-0.1, -0.05) is 12.2 Å². The van der Waals surface area contributed by atoms with Gasteiger partial charge < -0.3 is 14.8 Å². The predicted octanol–water partition coefficient (Wildman–Crippen LogP) is 2.30. The number of hydrogen-bond acceptors (Lipinski definition) is 3. The summed E-state index contributed by atoms with van der Waals surface area (Å²) in [5.74, 6) is -1.28. The lowest BCUT2D eigenvalue weighted by atomic mass is 10.1. The second-order valence-electron chi connectivity index (χ2n) is 3.88. The Kier molecular flexibility index (Phi) is 4.71. The molecule has 0 bridgehead atoms. The molecule has 1 aromatic heterocycles. The quantitative estimate of drug-likeness (QED) is 0.787. The average molecular weight is 251 g/mol. The summed E-state index contributed by atoms with van der Waals surface area (Å²) in [6.45, 7) is 5.70. The van der Waals surface area contributed by atoms with Gasteiger partial charge in [0.05, 0.1) is 13.0 Å². The standard InChI is InChI=1S/C13H17NO4/c1-4-18-13(17)12-8(2)10(9(3)14-12)6-5-7-11(15)16/h5-6,14H,4,7H2,1-3H3,(H,15,16). The molecular weight excluding hydrogens is 234 g/mol. The molecule has 0 fully saturated rings. The molecule has 1 rings (SSSR count). The monoisotopic (exact) mass is 251 g/mol. The van der Waals surface area contributed by atoms with Crippen LogP contribution in [0, 0.1) is 13.8 Å². The van der Waals surface area contributed by atoms with E-state index >= 15 is 0 Å². The van der Waals surface area contributed by atoms with Gasteiger partial charge in [0.15, 0.2) is 0 Å². The Labute approximate surface area is 105 Å². The van der Waals surface area contributed by atoms with E-state index in [4.69, 9.17) is 9.84 Å². The maximum Gasteiger partial charge on any atom is 0.355 e. The molecule has 0 aliphatic carbocycles. The molecule has 2 N–H and O–H groups in total. The third kappa shape index (κ3) is 3.23. The van der Waals surface area contributed by atoms with Crippen LogP contribution < -0.4 is 0 Å². The van der Waals surface area contributed by atoms with Crippen LogP contribution in [0.15, 0.2) is 6.08 Å². The second kappa shape index (κ2) is 6.05. The van der Waals surface area contributed by atoms with Crippen LogP contribution in [0.2, 0.25) is 0 Å². The van der Waals surface area contributed by atoms with Gasteiger partial charge in [-0.25, -0.2) is 4.79 Å². The summed E-state index contributed by atoms with van der Waals surface area (Å²) in [6, 6.07) is 0. The van der Waals surface area contributed by atoms with Crippen molar-refractivity contribution < 1.29 is 19.4 Å². The number of carbonyl (C=O) groups is 2. The van der Waals surface area contributed by atoms with Crippen molar-refractivity contribution in [2.24, 2.45) is 0 Å². The number of nitrogens with one attached hydrogen (secondary N) is 1. The largest absolute Gasteiger partial charge is 0.481 e. The van der Waals surface area contributed by atoms with Gasteiger partial charge in [-0.05, 0) is 31.9 Å². The normalized spacial score (nSPS) is 10.8. The third-order valence-corrected chi connectivity index (χ3v) is 2.55. The minimum Gasteiger partial charge on any atom is -0.481 e. The minimum absolute atomic E-state index is 0.0429. The van der Waals surface area contributed by atoms with Crippen LogP contribution in [0.5, 0.6) is 0 Å². The number of aromatic nitrogens is 1. The molecule has 0 aliphatic heterocycles. The average Bonchev–Trinajstić information content (AvgIpc) is 2.56. The van der Waals surface area contributed by atoms with E-state index in [2.05, 4.69) is 4.98 Å². The van der Waals surface area contributed by atoms with Crippen LogP contribution in [-0.2, 0) is 9.53 Å². The highest BCUT2D eigenvalue weighted by Gasteiger charge is 2.16. The summed E-state index contributed by atoms with van der Waals surface area (Å²) >= 11 is 0. The zero-order valence-electron chi connectivity index (χ0n) is 10.7. The number of aliphatic carboxylic acids is 1. The molecule has 0 saturated carbocycles. The van der Waals surface area contributed by atoms with Crippen LogP contribution in [0.3, 0.4) is 0 Å². The molecule has 5 nitrogen and oxygen atoms in total. The molecule has 18 heavy (non-hydrogen) atoms. The van der Waals surface area contributed by atoms with Gasteiger partial charge in [0.25, 0.3) is 0 Å². The molecule has 0 atom stereocenters. The van der Waals surface area contributed by atoms with Crippen molar-refractivity contribution in [2.45, 2.75) is 27.2 Å². The first-order valence-electron chi connectivity index (χ1n) is 5.72. The number of aryl methyl sites for hydroxylation is 1. The van der Waals surface area contributed by atoms with Crippen molar-refractivity contribution >= 4 is 18.0 Å². The number of aromatic amines is 1. The van der Waals surface area contributed by atoms with E-state index in [-0.39, 0.29) is 6.42 Å². The molecule has 5 heteroatoms. The molecule has 0 amide bonds. The first kappa shape index (κ1) is 14.0. The molecule has 0 aliphatic rings. The summed E-state index contributed by atoms with van der Waals surface area (Å²) in [5, 5.41) is 8.56. The fourth-order valence-corrected chi connectivity index (χ4v) is 1.70. The predicted molar refractivity (Wildman–Crippen MR) is 67.5 cm³/mol. The number of esters is 1. The number of hydrogen-bond donors (Lipinski definition) is 2. The van der Waals surface area contributed by atoms with Crippen LogP contribution in [0.4, 0.5) is 0 Å². The summed E-state index contributed by atoms with van der Waals surface area (Å²) in [5.41, 5.74) is 2.84. The summed E-state index contributed by atoms with van der Waals surface area (Å²) < 4.78 is 4.93. The minimum atomic E-state index is -0.886. The Morgan fingerprint density at radius 3 is 2.61 bits per heavy atom. The maximum atomic E-state index is 11.6. The van der Waals surface area contributed by atoms with Gasteiger partial charge in [0.2, 0.25) is 0 Å². The van der Waals surface area contributed by atoms with Crippen molar-refractivity contribution in [1.82, 2.24) is 4.98 Å². The van der Waals surface area contributed by atoms with E-state index < -0.39 is 11.9 Å². The molecule has 98 valence electrons. The van der Waals surface area contributed by atoms with E-state index in [0.717, 1.165) is 16.8 Å². The smallest absolute Gasteiger partial charge is 0.355 e. The highest BCUT2D eigenvalue weighted by molar-refractivity contribution is 5.91. The molecule has 0 spiro atoms. The Morgan fingerprint density at radius 1 is 1.39 bits per heavy atom. The van der Waals surface area contributed by atoms with Crippen molar-refractivity contribution in [2.75, 3.05) is 6.61 Å². The summed E-state index contributed by atoms with van der Waals surface area (Å²) in [7, 11) is 0. The molecule has 0 saturated heterocycles. The topological polar surface area (TPSA) is 79.4 Å². The second-order valence-corrected chi connectivity index (χ2v) is 3.88. The van der Waals surface area contributed by atoms with E-state index in [1.54, 1.807) is 26.0 Å².